The molecule has 1 aromatic heterocycles. The minimum Gasteiger partial charge on any atom is -0.381 e. The van der Waals surface area contributed by atoms with Gasteiger partial charge in [-0.15, -0.1) is 0 Å². The summed E-state index contributed by atoms with van der Waals surface area (Å²) < 4.78 is 6.38. The summed E-state index contributed by atoms with van der Waals surface area (Å²) in [5.74, 6) is 0.429. The van der Waals surface area contributed by atoms with E-state index in [2.05, 4.69) is 26.1 Å². The van der Waals surface area contributed by atoms with E-state index in [1.54, 1.807) is 6.20 Å². The SMILES string of the molecule is Brc1cnnc(C2CCCOC2)c1. The summed E-state index contributed by atoms with van der Waals surface area (Å²) in [4.78, 5) is 0. The van der Waals surface area contributed by atoms with Crippen LogP contribution in [0, 0.1) is 0 Å². The van der Waals surface area contributed by atoms with Gasteiger partial charge in [0.25, 0.3) is 0 Å². The summed E-state index contributed by atoms with van der Waals surface area (Å²) in [7, 11) is 0. The summed E-state index contributed by atoms with van der Waals surface area (Å²) in [6.45, 7) is 1.67. The lowest BCUT2D eigenvalue weighted by Gasteiger charge is -2.20. The van der Waals surface area contributed by atoms with E-state index in [1.807, 2.05) is 6.07 Å². The number of hydrogen-bond donors (Lipinski definition) is 0. The van der Waals surface area contributed by atoms with E-state index in [-0.39, 0.29) is 0 Å². The van der Waals surface area contributed by atoms with Crippen molar-refractivity contribution >= 4 is 15.9 Å². The highest BCUT2D eigenvalue weighted by atomic mass is 79.9. The second-order valence-electron chi connectivity index (χ2n) is 3.21. The molecule has 3 nitrogen and oxygen atoms in total. The lowest BCUT2D eigenvalue weighted by atomic mass is 9.98. The van der Waals surface area contributed by atoms with Gasteiger partial charge in [-0.3, -0.25) is 0 Å². The van der Waals surface area contributed by atoms with Gasteiger partial charge in [0, 0.05) is 17.0 Å². The van der Waals surface area contributed by atoms with Gasteiger partial charge in [-0.25, -0.2) is 0 Å². The average molecular weight is 243 g/mol. The Balaban J connectivity index is 2.14. The van der Waals surface area contributed by atoms with Gasteiger partial charge in [0.05, 0.1) is 18.5 Å². The Morgan fingerprint density at radius 3 is 3.15 bits per heavy atom. The summed E-state index contributed by atoms with van der Waals surface area (Å²) in [5, 5.41) is 8.01. The smallest absolute Gasteiger partial charge is 0.0696 e. The zero-order chi connectivity index (χ0) is 9.10. The Labute approximate surface area is 85.6 Å². The predicted molar refractivity (Wildman–Crippen MR) is 52.5 cm³/mol. The van der Waals surface area contributed by atoms with Crippen molar-refractivity contribution in [1.82, 2.24) is 10.2 Å². The Hall–Kier alpha value is -0.480. The van der Waals surface area contributed by atoms with E-state index in [1.165, 1.54) is 0 Å². The number of ether oxygens (including phenoxy) is 1. The Morgan fingerprint density at radius 1 is 1.54 bits per heavy atom. The third kappa shape index (κ3) is 2.25. The first-order valence-corrected chi connectivity index (χ1v) is 5.21. The fourth-order valence-corrected chi connectivity index (χ4v) is 1.86. The van der Waals surface area contributed by atoms with Crippen LogP contribution in [-0.4, -0.2) is 23.4 Å². The van der Waals surface area contributed by atoms with E-state index in [9.17, 15) is 0 Å². The number of nitrogens with zero attached hydrogens (tertiary/aromatic N) is 2. The number of halogens is 1. The van der Waals surface area contributed by atoms with Crippen LogP contribution in [0.25, 0.3) is 0 Å². The largest absolute Gasteiger partial charge is 0.381 e. The molecule has 70 valence electrons. The third-order valence-corrected chi connectivity index (χ3v) is 2.65. The molecule has 0 bridgehead atoms. The van der Waals surface area contributed by atoms with Crippen molar-refractivity contribution in [2.75, 3.05) is 13.2 Å². The highest BCUT2D eigenvalue weighted by molar-refractivity contribution is 9.10. The van der Waals surface area contributed by atoms with E-state index < -0.39 is 0 Å². The number of rotatable bonds is 1. The standard InChI is InChI=1S/C9H11BrN2O/c10-8-4-9(12-11-5-8)7-2-1-3-13-6-7/h4-5,7H,1-3,6H2. The normalized spacial score (nSPS) is 23.0. The molecular weight excluding hydrogens is 232 g/mol. The molecule has 0 saturated carbocycles. The van der Waals surface area contributed by atoms with Gasteiger partial charge in [0.2, 0.25) is 0 Å². The number of aromatic nitrogens is 2. The molecule has 0 aromatic carbocycles. The molecule has 1 saturated heterocycles. The molecule has 0 amide bonds. The Kier molecular flexibility index (Phi) is 2.90. The van der Waals surface area contributed by atoms with Gasteiger partial charge in [-0.05, 0) is 34.8 Å². The Bertz CT molecular complexity index is 287. The fourth-order valence-electron chi connectivity index (χ4n) is 1.53. The molecule has 1 aliphatic rings. The van der Waals surface area contributed by atoms with Crippen LogP contribution in [-0.2, 0) is 4.74 Å². The van der Waals surface area contributed by atoms with Crippen molar-refractivity contribution < 1.29 is 4.74 Å². The van der Waals surface area contributed by atoms with E-state index in [0.29, 0.717) is 5.92 Å². The quantitative estimate of drug-likeness (QED) is 0.757. The first-order valence-electron chi connectivity index (χ1n) is 4.42. The second kappa shape index (κ2) is 4.15. The molecule has 1 atom stereocenters. The van der Waals surface area contributed by atoms with Crippen LogP contribution in [0.5, 0.6) is 0 Å². The van der Waals surface area contributed by atoms with Crippen LogP contribution in [0.3, 0.4) is 0 Å². The molecule has 1 aromatic rings. The predicted octanol–water partition coefficient (Wildman–Crippen LogP) is 2.13. The molecule has 1 unspecified atom stereocenters. The average Bonchev–Trinajstić information content (AvgIpc) is 2.19. The van der Waals surface area contributed by atoms with Crippen LogP contribution in [0.2, 0.25) is 0 Å². The molecule has 2 heterocycles. The third-order valence-electron chi connectivity index (χ3n) is 2.22. The molecule has 2 rings (SSSR count). The monoisotopic (exact) mass is 242 g/mol. The van der Waals surface area contributed by atoms with E-state index in [4.69, 9.17) is 4.74 Å². The topological polar surface area (TPSA) is 35.0 Å². The van der Waals surface area contributed by atoms with Gasteiger partial charge in [0.1, 0.15) is 0 Å². The minimum absolute atomic E-state index is 0.429. The summed E-state index contributed by atoms with van der Waals surface area (Å²) >= 11 is 3.39. The summed E-state index contributed by atoms with van der Waals surface area (Å²) in [6, 6.07) is 2.02. The maximum absolute atomic E-state index is 5.39. The maximum atomic E-state index is 5.39. The van der Waals surface area contributed by atoms with Crippen molar-refractivity contribution in [2.45, 2.75) is 18.8 Å². The van der Waals surface area contributed by atoms with Gasteiger partial charge < -0.3 is 4.74 Å². The van der Waals surface area contributed by atoms with Crippen molar-refractivity contribution in [3.05, 3.63) is 22.4 Å². The van der Waals surface area contributed by atoms with Crippen LogP contribution in [0.1, 0.15) is 24.5 Å². The van der Waals surface area contributed by atoms with Crippen molar-refractivity contribution in [3.63, 3.8) is 0 Å². The van der Waals surface area contributed by atoms with Crippen molar-refractivity contribution in [2.24, 2.45) is 0 Å². The molecule has 1 fully saturated rings. The molecule has 4 heteroatoms. The Morgan fingerprint density at radius 2 is 2.46 bits per heavy atom. The van der Waals surface area contributed by atoms with Gasteiger partial charge >= 0.3 is 0 Å². The first kappa shape index (κ1) is 9.09. The molecular formula is C9H11BrN2O. The van der Waals surface area contributed by atoms with Crippen LogP contribution in [0.4, 0.5) is 0 Å². The summed E-state index contributed by atoms with van der Waals surface area (Å²) in [5.41, 5.74) is 1.04. The van der Waals surface area contributed by atoms with Crippen LogP contribution >= 0.6 is 15.9 Å². The van der Waals surface area contributed by atoms with Gasteiger partial charge in [0.15, 0.2) is 0 Å². The fraction of sp³-hybridized carbons (Fsp3) is 0.556. The van der Waals surface area contributed by atoms with Crippen molar-refractivity contribution in [1.29, 1.82) is 0 Å². The highest BCUT2D eigenvalue weighted by Gasteiger charge is 2.17. The summed E-state index contributed by atoms with van der Waals surface area (Å²) in [6.07, 6.45) is 3.98. The van der Waals surface area contributed by atoms with Crippen LogP contribution < -0.4 is 0 Å². The van der Waals surface area contributed by atoms with Crippen LogP contribution in [0.15, 0.2) is 16.7 Å². The molecule has 0 spiro atoms. The second-order valence-corrected chi connectivity index (χ2v) is 4.13. The van der Waals surface area contributed by atoms with E-state index in [0.717, 1.165) is 36.2 Å². The number of hydrogen-bond acceptors (Lipinski definition) is 3. The zero-order valence-electron chi connectivity index (χ0n) is 7.24. The van der Waals surface area contributed by atoms with Gasteiger partial charge in [-0.1, -0.05) is 0 Å². The minimum atomic E-state index is 0.429. The molecule has 0 radical (unpaired) electrons. The van der Waals surface area contributed by atoms with Gasteiger partial charge in [-0.2, -0.15) is 10.2 Å². The molecule has 13 heavy (non-hydrogen) atoms. The highest BCUT2D eigenvalue weighted by Crippen LogP contribution is 2.24. The van der Waals surface area contributed by atoms with E-state index >= 15 is 0 Å². The maximum Gasteiger partial charge on any atom is 0.0696 e. The first-order chi connectivity index (χ1) is 6.36. The molecule has 0 N–H and O–H groups in total. The molecule has 1 aliphatic heterocycles. The van der Waals surface area contributed by atoms with Crippen molar-refractivity contribution in [3.8, 4) is 0 Å². The zero-order valence-corrected chi connectivity index (χ0v) is 8.83. The molecule has 0 aliphatic carbocycles. The lowest BCUT2D eigenvalue weighted by molar-refractivity contribution is 0.0790. The lowest BCUT2D eigenvalue weighted by Crippen LogP contribution is -2.16.